The highest BCUT2D eigenvalue weighted by molar-refractivity contribution is 9.10. The van der Waals surface area contributed by atoms with Crippen molar-refractivity contribution in [2.24, 2.45) is 0 Å². The topological polar surface area (TPSA) is 30.2 Å². The highest BCUT2D eigenvalue weighted by Gasteiger charge is 2.19. The molecule has 0 atom stereocenters. The molecule has 0 aliphatic heterocycles. The molecule has 100 valence electrons. The summed E-state index contributed by atoms with van der Waals surface area (Å²) in [7, 11) is 0. The quantitative estimate of drug-likeness (QED) is 0.634. The van der Waals surface area contributed by atoms with Gasteiger partial charge in [-0.1, -0.05) is 6.07 Å². The molecule has 1 heterocycles. The molecule has 0 unspecified atom stereocenters. The van der Waals surface area contributed by atoms with E-state index in [0.717, 1.165) is 0 Å². The highest BCUT2D eigenvalue weighted by atomic mass is 79.9. The Balaban J connectivity index is 2.10. The normalized spacial score (nSPS) is 10.9. The van der Waals surface area contributed by atoms with Gasteiger partial charge in [0.25, 0.3) is 0 Å². The molecule has 0 radical (unpaired) electrons. The number of ketones is 1. The lowest BCUT2D eigenvalue weighted by atomic mass is 10.1. The van der Waals surface area contributed by atoms with Gasteiger partial charge in [0.15, 0.2) is 5.76 Å². The zero-order valence-electron chi connectivity index (χ0n) is 9.99. The molecule has 3 rings (SSSR count). The number of halogens is 3. The number of furan rings is 1. The van der Waals surface area contributed by atoms with Gasteiger partial charge < -0.3 is 4.42 Å². The summed E-state index contributed by atoms with van der Waals surface area (Å²) in [4.78, 5) is 12.2. The summed E-state index contributed by atoms with van der Waals surface area (Å²) in [6.45, 7) is 0. The molecular formula is C15H7BrF2O2. The average Bonchev–Trinajstić information content (AvgIpc) is 2.84. The number of fused-ring (bicyclic) bond motifs is 1. The van der Waals surface area contributed by atoms with Crippen LogP contribution in [0.1, 0.15) is 16.1 Å². The molecule has 0 aliphatic carbocycles. The standard InChI is InChI=1S/C15H7BrF2O2/c16-11-3-1-2-10(14(11)18)15(19)13-7-8-6-9(17)4-5-12(8)20-13/h1-7H. The Morgan fingerprint density at radius 3 is 2.70 bits per heavy atom. The fraction of sp³-hybridized carbons (Fsp3) is 0. The maximum absolute atomic E-state index is 13.9. The Bertz CT molecular complexity index is 824. The molecule has 1 aromatic heterocycles. The van der Waals surface area contributed by atoms with Crippen LogP contribution in [-0.4, -0.2) is 5.78 Å². The first-order valence-corrected chi connectivity index (χ1v) is 6.53. The van der Waals surface area contributed by atoms with Gasteiger partial charge in [0.2, 0.25) is 5.78 Å². The van der Waals surface area contributed by atoms with E-state index >= 15 is 0 Å². The lowest BCUT2D eigenvalue weighted by Crippen LogP contribution is -2.03. The van der Waals surface area contributed by atoms with Gasteiger partial charge in [-0.25, -0.2) is 8.78 Å². The van der Waals surface area contributed by atoms with E-state index in [-0.39, 0.29) is 15.8 Å². The van der Waals surface area contributed by atoms with Crippen LogP contribution < -0.4 is 0 Å². The maximum Gasteiger partial charge on any atom is 0.231 e. The largest absolute Gasteiger partial charge is 0.453 e. The van der Waals surface area contributed by atoms with E-state index in [1.165, 1.54) is 36.4 Å². The molecule has 2 aromatic carbocycles. The van der Waals surface area contributed by atoms with Crippen molar-refractivity contribution < 1.29 is 18.0 Å². The first kappa shape index (κ1) is 13.0. The third-order valence-corrected chi connectivity index (χ3v) is 3.51. The number of hydrogen-bond donors (Lipinski definition) is 0. The molecule has 0 aliphatic rings. The van der Waals surface area contributed by atoms with Crippen molar-refractivity contribution in [1.29, 1.82) is 0 Å². The minimum Gasteiger partial charge on any atom is -0.453 e. The molecule has 0 N–H and O–H groups in total. The third-order valence-electron chi connectivity index (χ3n) is 2.90. The summed E-state index contributed by atoms with van der Waals surface area (Å²) < 4.78 is 32.5. The second-order valence-electron chi connectivity index (χ2n) is 4.22. The zero-order chi connectivity index (χ0) is 14.3. The molecular weight excluding hydrogens is 330 g/mol. The minimum atomic E-state index is -0.649. The van der Waals surface area contributed by atoms with Crippen molar-refractivity contribution in [1.82, 2.24) is 0 Å². The fourth-order valence-corrected chi connectivity index (χ4v) is 2.30. The van der Waals surface area contributed by atoms with Gasteiger partial charge in [0.1, 0.15) is 17.2 Å². The van der Waals surface area contributed by atoms with E-state index in [1.54, 1.807) is 6.07 Å². The number of carbonyl (C=O) groups excluding carboxylic acids is 1. The number of carbonyl (C=O) groups is 1. The van der Waals surface area contributed by atoms with Crippen LogP contribution in [0.2, 0.25) is 0 Å². The average molecular weight is 337 g/mol. The molecule has 20 heavy (non-hydrogen) atoms. The molecule has 0 amide bonds. The van der Waals surface area contributed by atoms with E-state index in [0.29, 0.717) is 11.0 Å². The Labute approximate surface area is 121 Å². The van der Waals surface area contributed by atoms with Crippen LogP contribution in [0.5, 0.6) is 0 Å². The third kappa shape index (κ3) is 2.14. The van der Waals surface area contributed by atoms with Gasteiger partial charge in [0, 0.05) is 5.39 Å². The highest BCUT2D eigenvalue weighted by Crippen LogP contribution is 2.25. The van der Waals surface area contributed by atoms with Gasteiger partial charge in [-0.2, -0.15) is 0 Å². The van der Waals surface area contributed by atoms with Crippen molar-refractivity contribution in [3.63, 3.8) is 0 Å². The number of benzene rings is 2. The van der Waals surface area contributed by atoms with Crippen molar-refractivity contribution >= 4 is 32.7 Å². The fourth-order valence-electron chi connectivity index (χ4n) is 1.94. The molecule has 2 nitrogen and oxygen atoms in total. The summed E-state index contributed by atoms with van der Waals surface area (Å²) in [5, 5.41) is 0.462. The second-order valence-corrected chi connectivity index (χ2v) is 5.08. The predicted octanol–water partition coefficient (Wildman–Crippen LogP) is 4.70. The predicted molar refractivity (Wildman–Crippen MR) is 73.7 cm³/mol. The molecule has 3 aromatic rings. The van der Waals surface area contributed by atoms with Crippen LogP contribution in [0.4, 0.5) is 8.78 Å². The van der Waals surface area contributed by atoms with Gasteiger partial charge in [0.05, 0.1) is 10.0 Å². The van der Waals surface area contributed by atoms with Crippen LogP contribution in [0.15, 0.2) is 51.4 Å². The van der Waals surface area contributed by atoms with Crippen LogP contribution >= 0.6 is 15.9 Å². The molecule has 0 fully saturated rings. The van der Waals surface area contributed by atoms with Crippen molar-refractivity contribution in [3.05, 3.63) is 69.9 Å². The first-order valence-electron chi connectivity index (χ1n) is 5.74. The van der Waals surface area contributed by atoms with Gasteiger partial charge >= 0.3 is 0 Å². The van der Waals surface area contributed by atoms with E-state index in [4.69, 9.17) is 4.42 Å². The lowest BCUT2D eigenvalue weighted by Gasteiger charge is -2.01. The van der Waals surface area contributed by atoms with Crippen LogP contribution in [0.3, 0.4) is 0 Å². The Hall–Kier alpha value is -2.01. The summed E-state index contributed by atoms with van der Waals surface area (Å²) in [5.74, 6) is -1.68. The van der Waals surface area contributed by atoms with Crippen molar-refractivity contribution in [2.75, 3.05) is 0 Å². The van der Waals surface area contributed by atoms with Gasteiger partial charge in [-0.3, -0.25) is 4.79 Å². The van der Waals surface area contributed by atoms with E-state index < -0.39 is 17.4 Å². The monoisotopic (exact) mass is 336 g/mol. The van der Waals surface area contributed by atoms with Gasteiger partial charge in [-0.05, 0) is 52.3 Å². The Morgan fingerprint density at radius 1 is 1.10 bits per heavy atom. The maximum atomic E-state index is 13.9. The summed E-state index contributed by atoms with van der Waals surface area (Å²) in [5.41, 5.74) is 0.282. The Kier molecular flexibility index (Phi) is 3.14. The van der Waals surface area contributed by atoms with E-state index in [1.807, 2.05) is 0 Å². The van der Waals surface area contributed by atoms with Crippen LogP contribution in [0, 0.1) is 11.6 Å². The molecule has 0 saturated heterocycles. The molecule has 0 saturated carbocycles. The minimum absolute atomic E-state index is 0.0254. The SMILES string of the molecule is O=C(c1cc2cc(F)ccc2o1)c1cccc(Br)c1F. The summed E-state index contributed by atoms with van der Waals surface area (Å²) >= 11 is 3.02. The van der Waals surface area contributed by atoms with Crippen LogP contribution in [0.25, 0.3) is 11.0 Å². The first-order chi connectivity index (χ1) is 9.56. The molecule has 5 heteroatoms. The van der Waals surface area contributed by atoms with Crippen molar-refractivity contribution in [2.45, 2.75) is 0 Å². The smallest absolute Gasteiger partial charge is 0.231 e. The van der Waals surface area contributed by atoms with Gasteiger partial charge in [-0.15, -0.1) is 0 Å². The second kappa shape index (κ2) is 4.83. The van der Waals surface area contributed by atoms with E-state index in [9.17, 15) is 13.6 Å². The lowest BCUT2D eigenvalue weighted by molar-refractivity contribution is 0.101. The van der Waals surface area contributed by atoms with E-state index in [2.05, 4.69) is 15.9 Å². The number of hydrogen-bond acceptors (Lipinski definition) is 2. The van der Waals surface area contributed by atoms with Crippen LogP contribution in [-0.2, 0) is 0 Å². The Morgan fingerprint density at radius 2 is 1.90 bits per heavy atom. The van der Waals surface area contributed by atoms with Crippen molar-refractivity contribution in [3.8, 4) is 0 Å². The molecule has 0 bridgehead atoms. The zero-order valence-corrected chi connectivity index (χ0v) is 11.6. The molecule has 0 spiro atoms. The summed E-state index contributed by atoms with van der Waals surface area (Å²) in [6.07, 6.45) is 0. The summed E-state index contributed by atoms with van der Waals surface area (Å²) in [6, 6.07) is 9.76. The number of rotatable bonds is 2.